The lowest BCUT2D eigenvalue weighted by atomic mass is 9.72. The van der Waals surface area contributed by atoms with Gasteiger partial charge in [0.1, 0.15) is 29.7 Å². The lowest BCUT2D eigenvalue weighted by Gasteiger charge is -2.51. The third kappa shape index (κ3) is 7.40. The summed E-state index contributed by atoms with van der Waals surface area (Å²) >= 11 is 0. The van der Waals surface area contributed by atoms with Crippen LogP contribution in [0.1, 0.15) is 32.6 Å². The van der Waals surface area contributed by atoms with E-state index in [4.69, 9.17) is 31.4 Å². The van der Waals surface area contributed by atoms with E-state index in [0.29, 0.717) is 24.5 Å². The number of hydrogen-bond donors (Lipinski definition) is 11. The minimum atomic E-state index is -1.34. The second-order valence-electron chi connectivity index (χ2n) is 12.5. The van der Waals surface area contributed by atoms with Crippen molar-refractivity contribution in [2.75, 3.05) is 40.0 Å². The highest BCUT2D eigenvalue weighted by Gasteiger charge is 2.53. The summed E-state index contributed by atoms with van der Waals surface area (Å²) in [5.41, 5.74) is 17.3. The molecular weight excluding hydrogens is 536 g/mol. The minimum Gasteiger partial charge on any atom is -0.492 e. The number of ether oxygens (including phenoxy) is 3. The van der Waals surface area contributed by atoms with E-state index in [1.54, 1.807) is 14.0 Å². The molecule has 238 valence electrons. The van der Waals surface area contributed by atoms with E-state index >= 15 is 0 Å². The van der Waals surface area contributed by atoms with Crippen molar-refractivity contribution in [3.63, 3.8) is 0 Å². The molecule has 0 radical (unpaired) electrons. The Morgan fingerprint density at radius 1 is 1.12 bits per heavy atom. The highest BCUT2D eigenvalue weighted by molar-refractivity contribution is 5.11. The predicted octanol–water partition coefficient (Wildman–Crippen LogP) is -4.23. The standard InChI is InChI=1S/C27H52N6O8/c1-27(38)12-39-26(22(37)25(27)31-2)41-24-19(33-15(10-34)11-35)7-17(30)20(21(24)36)23-18(4-3-16(8-28)40-23)32-9-13-5-14(29)6-13/h3,13-15,17-26,31-38H,4-12,28-30H2,1-2H3/t13?,14?,17-,18+,19+,20?,21-,22+,23-,24-,25+,26+,27-/m0/s1. The van der Waals surface area contributed by atoms with Gasteiger partial charge in [-0.15, -0.1) is 0 Å². The number of rotatable bonds is 12. The summed E-state index contributed by atoms with van der Waals surface area (Å²) in [6.45, 7) is 1.76. The predicted molar refractivity (Wildman–Crippen MR) is 150 cm³/mol. The smallest absolute Gasteiger partial charge is 0.185 e. The SMILES string of the molecule is CN[C@@H]1[C@@H](O)[C@@H](O[C@H]2[C@H](NC(CO)CO)C[C@H](N)C([C@H]3OC(CN)=CC[C@H]3NCC3CC(N)C3)[C@@H]2O)OC[C@]1(C)O. The maximum absolute atomic E-state index is 11.9. The molecule has 4 aliphatic rings. The van der Waals surface area contributed by atoms with Crippen LogP contribution in [0.2, 0.25) is 0 Å². The van der Waals surface area contributed by atoms with Crippen molar-refractivity contribution in [1.82, 2.24) is 16.0 Å². The first-order valence-corrected chi connectivity index (χ1v) is 14.8. The highest BCUT2D eigenvalue weighted by Crippen LogP contribution is 2.37. The molecule has 1 unspecified atom stereocenters. The van der Waals surface area contributed by atoms with Gasteiger partial charge in [0.15, 0.2) is 6.29 Å². The van der Waals surface area contributed by atoms with Gasteiger partial charge in [-0.25, -0.2) is 0 Å². The van der Waals surface area contributed by atoms with Gasteiger partial charge in [-0.1, -0.05) is 0 Å². The Morgan fingerprint density at radius 3 is 2.44 bits per heavy atom. The van der Waals surface area contributed by atoms with Crippen LogP contribution in [0.15, 0.2) is 11.8 Å². The first-order valence-electron chi connectivity index (χ1n) is 14.8. The van der Waals surface area contributed by atoms with E-state index in [1.807, 2.05) is 6.08 Å². The largest absolute Gasteiger partial charge is 0.492 e. The van der Waals surface area contributed by atoms with Crippen LogP contribution in [0.5, 0.6) is 0 Å². The summed E-state index contributed by atoms with van der Waals surface area (Å²) in [4.78, 5) is 0. The molecule has 0 aromatic heterocycles. The Bertz CT molecular complexity index is 860. The van der Waals surface area contributed by atoms with Crippen molar-refractivity contribution in [2.24, 2.45) is 29.0 Å². The van der Waals surface area contributed by atoms with Crippen molar-refractivity contribution in [1.29, 1.82) is 0 Å². The molecule has 14 heteroatoms. The quantitative estimate of drug-likeness (QED) is 0.104. The zero-order chi connectivity index (χ0) is 29.9. The molecular formula is C27H52N6O8. The fourth-order valence-electron chi connectivity index (χ4n) is 6.90. The molecule has 0 bridgehead atoms. The third-order valence-corrected chi connectivity index (χ3v) is 9.28. The van der Waals surface area contributed by atoms with E-state index < -0.39 is 66.4 Å². The average Bonchev–Trinajstić information content (AvgIpc) is 2.92. The number of nitrogens with one attached hydrogen (secondary N) is 3. The number of likely N-dealkylation sites (N-methyl/N-ethyl adjacent to an activating group) is 1. The van der Waals surface area contributed by atoms with Crippen LogP contribution in [0.4, 0.5) is 0 Å². The zero-order valence-corrected chi connectivity index (χ0v) is 24.1. The molecule has 0 aromatic carbocycles. The van der Waals surface area contributed by atoms with Gasteiger partial charge in [-0.05, 0) is 58.2 Å². The Hall–Kier alpha value is -0.980. The van der Waals surface area contributed by atoms with Gasteiger partial charge in [0, 0.05) is 30.1 Å². The molecule has 2 heterocycles. The lowest BCUT2D eigenvalue weighted by Crippen LogP contribution is -2.70. The van der Waals surface area contributed by atoms with E-state index in [1.165, 1.54) is 0 Å². The van der Waals surface area contributed by atoms with Crippen molar-refractivity contribution in [3.05, 3.63) is 11.8 Å². The van der Waals surface area contributed by atoms with Crippen molar-refractivity contribution >= 4 is 0 Å². The molecule has 2 aliphatic carbocycles. The van der Waals surface area contributed by atoms with E-state index in [0.717, 1.165) is 19.4 Å². The highest BCUT2D eigenvalue weighted by atomic mass is 16.7. The van der Waals surface area contributed by atoms with Gasteiger partial charge in [0.25, 0.3) is 0 Å². The molecule has 2 aliphatic heterocycles. The van der Waals surface area contributed by atoms with Crippen LogP contribution in [0.25, 0.3) is 0 Å². The zero-order valence-electron chi connectivity index (χ0n) is 24.1. The van der Waals surface area contributed by atoms with Crippen LogP contribution in [0, 0.1) is 11.8 Å². The van der Waals surface area contributed by atoms with E-state index in [2.05, 4.69) is 16.0 Å². The topological polar surface area (TPSA) is 243 Å². The van der Waals surface area contributed by atoms with Gasteiger partial charge in [-0.2, -0.15) is 0 Å². The summed E-state index contributed by atoms with van der Waals surface area (Å²) < 4.78 is 18.4. The second kappa shape index (κ2) is 14.2. The Balaban J connectivity index is 1.57. The molecule has 3 fully saturated rings. The van der Waals surface area contributed by atoms with Gasteiger partial charge in [0.2, 0.25) is 0 Å². The number of aliphatic hydroxyl groups is 5. The molecule has 0 amide bonds. The molecule has 0 aromatic rings. The minimum absolute atomic E-state index is 0.104. The van der Waals surface area contributed by atoms with E-state index in [-0.39, 0.29) is 38.4 Å². The number of nitrogens with two attached hydrogens (primary N) is 3. The summed E-state index contributed by atoms with van der Waals surface area (Å²) in [5.74, 6) is 0.526. The van der Waals surface area contributed by atoms with E-state index in [9.17, 15) is 25.5 Å². The molecule has 4 rings (SSSR count). The molecule has 41 heavy (non-hydrogen) atoms. The molecule has 0 spiro atoms. The van der Waals surface area contributed by atoms with Crippen LogP contribution in [-0.2, 0) is 14.2 Å². The van der Waals surface area contributed by atoms with Gasteiger partial charge in [0.05, 0.1) is 44.6 Å². The molecule has 14 nitrogen and oxygen atoms in total. The van der Waals surface area contributed by atoms with Crippen LogP contribution in [-0.4, -0.2) is 138 Å². The Labute approximate surface area is 241 Å². The number of hydrogen-bond acceptors (Lipinski definition) is 14. The maximum atomic E-state index is 11.9. The normalized spacial score (nSPS) is 45.2. The summed E-state index contributed by atoms with van der Waals surface area (Å²) in [7, 11) is 1.63. The van der Waals surface area contributed by atoms with Gasteiger partial charge < -0.3 is 72.9 Å². The third-order valence-electron chi connectivity index (χ3n) is 9.28. The van der Waals surface area contributed by atoms with Crippen molar-refractivity contribution in [2.45, 2.75) is 105 Å². The monoisotopic (exact) mass is 588 g/mol. The molecule has 1 saturated heterocycles. The van der Waals surface area contributed by atoms with Crippen molar-refractivity contribution in [3.8, 4) is 0 Å². The maximum Gasteiger partial charge on any atom is 0.185 e. The summed E-state index contributed by atoms with van der Waals surface area (Å²) in [5, 5.41) is 62.8. The van der Waals surface area contributed by atoms with Crippen LogP contribution < -0.4 is 33.2 Å². The van der Waals surface area contributed by atoms with Gasteiger partial charge in [-0.3, -0.25) is 0 Å². The molecule has 14 N–H and O–H groups in total. The molecule has 2 saturated carbocycles. The van der Waals surface area contributed by atoms with Gasteiger partial charge >= 0.3 is 0 Å². The fourth-order valence-corrected chi connectivity index (χ4v) is 6.90. The molecule has 11 atom stereocenters. The second-order valence-corrected chi connectivity index (χ2v) is 12.5. The van der Waals surface area contributed by atoms with Crippen LogP contribution >= 0.6 is 0 Å². The average molecular weight is 589 g/mol. The Morgan fingerprint density at radius 2 is 1.83 bits per heavy atom. The Kier molecular flexibility index (Phi) is 11.4. The summed E-state index contributed by atoms with van der Waals surface area (Å²) in [6.07, 6.45) is -0.206. The summed E-state index contributed by atoms with van der Waals surface area (Å²) in [6, 6.07) is -2.45. The number of aliphatic hydroxyl groups excluding tert-OH is 4. The lowest BCUT2D eigenvalue weighted by molar-refractivity contribution is -0.298. The van der Waals surface area contributed by atoms with Crippen LogP contribution in [0.3, 0.4) is 0 Å². The first-order chi connectivity index (χ1) is 19.5. The first kappa shape index (κ1) is 32.9. The van der Waals surface area contributed by atoms with Crippen molar-refractivity contribution < 1.29 is 39.7 Å². The fraction of sp³-hybridized carbons (Fsp3) is 0.926.